The van der Waals surface area contributed by atoms with Crippen molar-refractivity contribution < 1.29 is 24.2 Å². The molecule has 0 aliphatic rings. The lowest BCUT2D eigenvalue weighted by Gasteiger charge is -2.18. The Morgan fingerprint density at radius 1 is 0.472 bits per heavy atom. The van der Waals surface area contributed by atoms with Crippen LogP contribution in [0.2, 0.25) is 0 Å². The molecule has 0 rings (SSSR count). The average Bonchev–Trinajstić information content (AvgIpc) is 3.14. The summed E-state index contributed by atoms with van der Waals surface area (Å²) in [5.41, 5.74) is 5.48. The molecule has 0 spiro atoms. The van der Waals surface area contributed by atoms with E-state index < -0.39 is 12.0 Å². The summed E-state index contributed by atoms with van der Waals surface area (Å²) >= 11 is 0. The van der Waals surface area contributed by atoms with Crippen molar-refractivity contribution in [2.75, 3.05) is 6.54 Å². The number of nitrogens with two attached hydrogens (primary N) is 1. The minimum atomic E-state index is -1.00. The summed E-state index contributed by atoms with van der Waals surface area (Å²) < 4.78 is 6.04. The zero-order valence-electron chi connectivity index (χ0n) is 35.4. The molecule has 0 aromatic heterocycles. The Morgan fingerprint density at radius 2 is 0.811 bits per heavy atom. The number of nitrogens with one attached hydrogen (secondary N) is 1. The van der Waals surface area contributed by atoms with Gasteiger partial charge in [0.1, 0.15) is 12.1 Å². The maximum absolute atomic E-state index is 12.8. The molecule has 0 saturated heterocycles. The van der Waals surface area contributed by atoms with E-state index in [9.17, 15) is 19.5 Å². The SMILES string of the molecule is CCCCCCCCCCCCCCCCCCCCCC(=O)OC(CCCCCCCCCC)CCCCCCCC(=O)NC(CCCN)C(=O)O. The number of unbranched alkanes of at least 4 members (excludes halogenated alkanes) is 29. The molecule has 0 saturated carbocycles. The van der Waals surface area contributed by atoms with Crippen molar-refractivity contribution in [3.8, 4) is 0 Å². The highest BCUT2D eigenvalue weighted by Gasteiger charge is 2.19. The van der Waals surface area contributed by atoms with Crippen LogP contribution in [0.4, 0.5) is 0 Å². The van der Waals surface area contributed by atoms with Crippen molar-refractivity contribution in [2.45, 2.75) is 270 Å². The molecule has 0 radical (unpaired) electrons. The highest BCUT2D eigenvalue weighted by atomic mass is 16.5. The van der Waals surface area contributed by atoms with Crippen LogP contribution in [0.1, 0.15) is 258 Å². The fourth-order valence-electron chi connectivity index (χ4n) is 7.39. The van der Waals surface area contributed by atoms with E-state index in [0.29, 0.717) is 32.2 Å². The van der Waals surface area contributed by atoms with E-state index >= 15 is 0 Å². The van der Waals surface area contributed by atoms with Crippen molar-refractivity contribution in [2.24, 2.45) is 5.73 Å². The smallest absolute Gasteiger partial charge is 0.326 e. The first kappa shape index (κ1) is 51.4. The predicted molar refractivity (Wildman–Crippen MR) is 225 cm³/mol. The Morgan fingerprint density at radius 3 is 1.17 bits per heavy atom. The highest BCUT2D eigenvalue weighted by Crippen LogP contribution is 2.19. The normalized spacial score (nSPS) is 12.5. The molecule has 2 unspecified atom stereocenters. The third-order valence-electron chi connectivity index (χ3n) is 10.9. The Hall–Kier alpha value is -1.63. The second-order valence-corrected chi connectivity index (χ2v) is 16.2. The fraction of sp³-hybridized carbons (Fsp3) is 0.935. The minimum Gasteiger partial charge on any atom is -0.480 e. The molecule has 314 valence electrons. The first-order valence-electron chi connectivity index (χ1n) is 23.4. The third-order valence-corrected chi connectivity index (χ3v) is 10.9. The summed E-state index contributed by atoms with van der Waals surface area (Å²) in [6.45, 7) is 4.96. The summed E-state index contributed by atoms with van der Waals surface area (Å²) in [4.78, 5) is 36.3. The van der Waals surface area contributed by atoms with Gasteiger partial charge in [0.05, 0.1) is 0 Å². The number of rotatable bonds is 43. The van der Waals surface area contributed by atoms with Crippen LogP contribution < -0.4 is 11.1 Å². The number of aliphatic carboxylic acids is 1. The third kappa shape index (κ3) is 38.4. The summed E-state index contributed by atoms with van der Waals surface area (Å²) in [7, 11) is 0. The van der Waals surface area contributed by atoms with E-state index in [4.69, 9.17) is 10.5 Å². The first-order chi connectivity index (χ1) is 25.9. The standard InChI is InChI=1S/C46H90N2O5/c1-3-5-7-9-11-13-14-15-16-17-18-19-20-21-22-23-25-30-34-40-45(50)53-42(36-31-27-24-12-10-8-6-4-2)37-32-28-26-29-33-39-44(49)48-43(46(51)52)38-35-41-47/h42-43H,3-41,47H2,1-2H3,(H,48,49)(H,51,52). The molecule has 7 heteroatoms. The van der Waals surface area contributed by atoms with Gasteiger partial charge >= 0.3 is 11.9 Å². The average molecular weight is 751 g/mol. The Labute approximate surface area is 328 Å². The van der Waals surface area contributed by atoms with Crippen LogP contribution in [0.5, 0.6) is 0 Å². The number of amides is 1. The van der Waals surface area contributed by atoms with Crippen LogP contribution in [-0.4, -0.2) is 41.6 Å². The van der Waals surface area contributed by atoms with Gasteiger partial charge in [0.25, 0.3) is 0 Å². The lowest BCUT2D eigenvalue weighted by atomic mass is 10.0. The molecule has 0 fully saturated rings. The van der Waals surface area contributed by atoms with Crippen molar-refractivity contribution in [1.29, 1.82) is 0 Å². The van der Waals surface area contributed by atoms with Gasteiger partial charge in [-0.25, -0.2) is 4.79 Å². The van der Waals surface area contributed by atoms with Gasteiger partial charge in [-0.05, 0) is 57.9 Å². The Bertz CT molecular complexity index is 807. The van der Waals surface area contributed by atoms with Crippen LogP contribution >= 0.6 is 0 Å². The van der Waals surface area contributed by atoms with Gasteiger partial charge < -0.3 is 20.9 Å². The summed E-state index contributed by atoms with van der Waals surface area (Å²) in [6.07, 6.45) is 44.5. The van der Waals surface area contributed by atoms with Crippen LogP contribution in [0, 0.1) is 0 Å². The molecule has 4 N–H and O–H groups in total. The van der Waals surface area contributed by atoms with Crippen molar-refractivity contribution >= 4 is 17.8 Å². The van der Waals surface area contributed by atoms with Gasteiger partial charge in [0.2, 0.25) is 5.91 Å². The molecule has 53 heavy (non-hydrogen) atoms. The molecule has 0 aromatic rings. The monoisotopic (exact) mass is 751 g/mol. The molecule has 1 amide bonds. The van der Waals surface area contributed by atoms with E-state index in [2.05, 4.69) is 19.2 Å². The predicted octanol–water partition coefficient (Wildman–Crippen LogP) is 13.3. The fourth-order valence-corrected chi connectivity index (χ4v) is 7.39. The van der Waals surface area contributed by atoms with E-state index in [-0.39, 0.29) is 18.0 Å². The summed E-state index contributed by atoms with van der Waals surface area (Å²) in [5.74, 6) is -1.21. The zero-order chi connectivity index (χ0) is 38.9. The van der Waals surface area contributed by atoms with E-state index in [1.54, 1.807) is 0 Å². The first-order valence-corrected chi connectivity index (χ1v) is 23.4. The molecule has 0 bridgehead atoms. The maximum Gasteiger partial charge on any atom is 0.326 e. The van der Waals surface area contributed by atoms with E-state index in [1.807, 2.05) is 0 Å². The minimum absolute atomic E-state index is 0.0151. The number of ether oxygens (including phenoxy) is 1. The van der Waals surface area contributed by atoms with E-state index in [1.165, 1.54) is 154 Å². The lowest BCUT2D eigenvalue weighted by Crippen LogP contribution is -2.40. The number of hydrogen-bond donors (Lipinski definition) is 3. The van der Waals surface area contributed by atoms with Crippen molar-refractivity contribution in [3.63, 3.8) is 0 Å². The second kappa shape index (κ2) is 41.5. The molecule has 0 aliphatic heterocycles. The van der Waals surface area contributed by atoms with Gasteiger partial charge in [-0.15, -0.1) is 0 Å². The Kier molecular flexibility index (Phi) is 40.3. The molecule has 0 heterocycles. The number of carbonyl (C=O) groups excluding carboxylic acids is 2. The van der Waals surface area contributed by atoms with E-state index in [0.717, 1.165) is 64.2 Å². The topological polar surface area (TPSA) is 119 Å². The molecule has 7 nitrogen and oxygen atoms in total. The maximum atomic E-state index is 12.8. The van der Waals surface area contributed by atoms with Crippen molar-refractivity contribution in [1.82, 2.24) is 5.32 Å². The van der Waals surface area contributed by atoms with Crippen LogP contribution in [0.3, 0.4) is 0 Å². The number of esters is 1. The number of hydrogen-bond acceptors (Lipinski definition) is 5. The number of carbonyl (C=O) groups is 3. The number of carboxylic acid groups (broad SMARTS) is 1. The van der Waals surface area contributed by atoms with Gasteiger partial charge in [-0.2, -0.15) is 0 Å². The van der Waals surface area contributed by atoms with Crippen LogP contribution in [-0.2, 0) is 19.1 Å². The van der Waals surface area contributed by atoms with Gasteiger partial charge in [-0.1, -0.05) is 194 Å². The molecule has 2 atom stereocenters. The molecule has 0 aliphatic carbocycles. The second-order valence-electron chi connectivity index (χ2n) is 16.2. The van der Waals surface area contributed by atoms with Gasteiger partial charge in [0, 0.05) is 12.8 Å². The lowest BCUT2D eigenvalue weighted by molar-refractivity contribution is -0.150. The van der Waals surface area contributed by atoms with Crippen molar-refractivity contribution in [3.05, 3.63) is 0 Å². The Balaban J connectivity index is 4.08. The van der Waals surface area contributed by atoms with Gasteiger partial charge in [0.15, 0.2) is 0 Å². The summed E-state index contributed by atoms with van der Waals surface area (Å²) in [5, 5.41) is 11.9. The van der Waals surface area contributed by atoms with Crippen LogP contribution in [0.25, 0.3) is 0 Å². The number of carboxylic acids is 1. The quantitative estimate of drug-likeness (QED) is 0.0422. The largest absolute Gasteiger partial charge is 0.480 e. The summed E-state index contributed by atoms with van der Waals surface area (Å²) in [6, 6.07) is -0.851. The molecular weight excluding hydrogens is 661 g/mol. The molecule has 0 aromatic carbocycles. The van der Waals surface area contributed by atoms with Gasteiger partial charge in [-0.3, -0.25) is 9.59 Å². The molecular formula is C46H90N2O5. The zero-order valence-corrected chi connectivity index (χ0v) is 35.4. The van der Waals surface area contributed by atoms with Crippen LogP contribution in [0.15, 0.2) is 0 Å². The highest BCUT2D eigenvalue weighted by molar-refractivity contribution is 5.83.